The standard InChI is InChI=1S/C33H27NO5/c35-28-18-16-23-11-4-6-13-25(23)30(28)31-26-14-7-5-12-24(26)17-19-29(31)39-32(36)27-15-8-20-34(27)33(37)38-21-22-9-2-1-3-10-22/h1-7,9-14,16-19,27,35H,8,15,20-21H2. The van der Waals surface area contributed by atoms with Crippen LogP contribution >= 0.6 is 0 Å². The second kappa shape index (κ2) is 10.5. The molecule has 5 aromatic carbocycles. The van der Waals surface area contributed by atoms with Crippen LogP contribution in [0.25, 0.3) is 32.7 Å². The highest BCUT2D eigenvalue weighted by Gasteiger charge is 2.37. The predicted octanol–water partition coefficient (Wildman–Crippen LogP) is 7.07. The van der Waals surface area contributed by atoms with Gasteiger partial charge in [0.05, 0.1) is 0 Å². The van der Waals surface area contributed by atoms with Crippen molar-refractivity contribution in [2.45, 2.75) is 25.5 Å². The first-order valence-corrected chi connectivity index (χ1v) is 13.0. The molecule has 1 saturated heterocycles. The molecule has 0 bridgehead atoms. The van der Waals surface area contributed by atoms with E-state index in [1.807, 2.05) is 91.0 Å². The van der Waals surface area contributed by atoms with E-state index in [4.69, 9.17) is 9.47 Å². The molecular formula is C33H27NO5. The number of phenols is 1. The van der Waals surface area contributed by atoms with Crippen LogP contribution in [0.15, 0.2) is 103 Å². The first-order valence-electron chi connectivity index (χ1n) is 13.0. The van der Waals surface area contributed by atoms with Crippen LogP contribution in [0.4, 0.5) is 4.79 Å². The van der Waals surface area contributed by atoms with Crippen LogP contribution in [0.2, 0.25) is 0 Å². The van der Waals surface area contributed by atoms with E-state index in [2.05, 4.69) is 0 Å². The molecule has 6 heteroatoms. The fraction of sp³-hybridized carbons (Fsp3) is 0.152. The van der Waals surface area contributed by atoms with Crippen molar-refractivity contribution in [1.29, 1.82) is 0 Å². The Kier molecular flexibility index (Phi) is 6.59. The number of carbonyl (C=O) groups excluding carboxylic acids is 2. The van der Waals surface area contributed by atoms with Crippen molar-refractivity contribution < 1.29 is 24.2 Å². The van der Waals surface area contributed by atoms with Gasteiger partial charge in [0.2, 0.25) is 0 Å². The highest BCUT2D eigenvalue weighted by molar-refractivity contribution is 6.10. The van der Waals surface area contributed by atoms with Crippen LogP contribution in [-0.2, 0) is 16.1 Å². The molecule has 0 aliphatic carbocycles. The number of hydrogen-bond donors (Lipinski definition) is 1. The minimum atomic E-state index is -0.756. The molecule has 1 aliphatic rings. The number of rotatable bonds is 5. The summed E-state index contributed by atoms with van der Waals surface area (Å²) in [7, 11) is 0. The van der Waals surface area contributed by atoms with E-state index >= 15 is 0 Å². The lowest BCUT2D eigenvalue weighted by atomic mass is 9.92. The van der Waals surface area contributed by atoms with Crippen LogP contribution in [-0.4, -0.2) is 34.7 Å². The highest BCUT2D eigenvalue weighted by atomic mass is 16.6. The summed E-state index contributed by atoms with van der Waals surface area (Å²) in [6.07, 6.45) is 0.625. The number of amides is 1. The van der Waals surface area contributed by atoms with Crippen LogP contribution < -0.4 is 4.74 Å². The van der Waals surface area contributed by atoms with Gasteiger partial charge in [0, 0.05) is 17.7 Å². The van der Waals surface area contributed by atoms with Crippen molar-refractivity contribution in [2.75, 3.05) is 6.54 Å². The molecule has 39 heavy (non-hydrogen) atoms. The third kappa shape index (κ3) is 4.77. The number of likely N-dealkylation sites (tertiary alicyclic amines) is 1. The Morgan fingerprint density at radius 1 is 0.769 bits per heavy atom. The third-order valence-electron chi connectivity index (χ3n) is 7.22. The largest absolute Gasteiger partial charge is 0.507 e. The quantitative estimate of drug-likeness (QED) is 0.199. The topological polar surface area (TPSA) is 76.1 Å². The smallest absolute Gasteiger partial charge is 0.410 e. The van der Waals surface area contributed by atoms with E-state index < -0.39 is 18.1 Å². The van der Waals surface area contributed by atoms with Gasteiger partial charge in [0.1, 0.15) is 24.1 Å². The fourth-order valence-corrected chi connectivity index (χ4v) is 5.33. The summed E-state index contributed by atoms with van der Waals surface area (Å²) in [5.41, 5.74) is 2.10. The lowest BCUT2D eigenvalue weighted by Gasteiger charge is -2.23. The molecule has 1 aliphatic heterocycles. The van der Waals surface area contributed by atoms with Gasteiger partial charge in [0.15, 0.2) is 0 Å². The maximum atomic E-state index is 13.5. The molecule has 1 heterocycles. The van der Waals surface area contributed by atoms with Gasteiger partial charge in [0.25, 0.3) is 0 Å². The van der Waals surface area contributed by atoms with E-state index in [0.717, 1.165) is 27.1 Å². The summed E-state index contributed by atoms with van der Waals surface area (Å²) >= 11 is 0. The zero-order valence-electron chi connectivity index (χ0n) is 21.2. The van der Waals surface area contributed by atoms with Gasteiger partial charge in [-0.3, -0.25) is 4.90 Å². The number of ether oxygens (including phenoxy) is 2. The number of benzene rings is 5. The molecule has 0 aromatic heterocycles. The number of phenolic OH excluding ortho intramolecular Hbond substituents is 1. The van der Waals surface area contributed by atoms with E-state index in [-0.39, 0.29) is 12.4 Å². The number of aromatic hydroxyl groups is 1. The SMILES string of the molecule is O=C(Oc1ccc2ccccc2c1-c1c(O)ccc2ccccc12)C1CCCN1C(=O)OCc1ccccc1. The molecule has 1 fully saturated rings. The normalized spacial score (nSPS) is 15.0. The Labute approximate surface area is 226 Å². The van der Waals surface area contributed by atoms with E-state index in [1.54, 1.807) is 12.1 Å². The average molecular weight is 518 g/mol. The minimum absolute atomic E-state index is 0.0920. The zero-order valence-corrected chi connectivity index (χ0v) is 21.2. The molecule has 6 rings (SSSR count). The van der Waals surface area contributed by atoms with Crippen molar-refractivity contribution in [3.8, 4) is 22.6 Å². The zero-order chi connectivity index (χ0) is 26.8. The number of hydrogen-bond acceptors (Lipinski definition) is 5. The first-order chi connectivity index (χ1) is 19.1. The molecule has 0 radical (unpaired) electrons. The second-order valence-corrected chi connectivity index (χ2v) is 9.65. The summed E-state index contributed by atoms with van der Waals surface area (Å²) in [5.74, 6) is -0.107. The van der Waals surface area contributed by atoms with Crippen LogP contribution in [0.5, 0.6) is 11.5 Å². The van der Waals surface area contributed by atoms with Gasteiger partial charge in [-0.25, -0.2) is 9.59 Å². The molecule has 1 amide bonds. The van der Waals surface area contributed by atoms with Gasteiger partial charge >= 0.3 is 12.1 Å². The van der Waals surface area contributed by atoms with Gasteiger partial charge in [-0.15, -0.1) is 0 Å². The summed E-state index contributed by atoms with van der Waals surface area (Å²) in [5, 5.41) is 14.6. The molecule has 0 spiro atoms. The number of nitrogens with zero attached hydrogens (tertiary/aromatic N) is 1. The Bertz CT molecular complexity index is 1680. The summed E-state index contributed by atoms with van der Waals surface area (Å²) in [6, 6.07) is 31.4. The van der Waals surface area contributed by atoms with E-state index in [9.17, 15) is 14.7 Å². The monoisotopic (exact) mass is 517 g/mol. The van der Waals surface area contributed by atoms with Gasteiger partial charge < -0.3 is 14.6 Å². The van der Waals surface area contributed by atoms with Crippen molar-refractivity contribution in [3.05, 3.63) is 109 Å². The Hall–Kier alpha value is -4.84. The Balaban J connectivity index is 1.34. The van der Waals surface area contributed by atoms with Gasteiger partial charge in [-0.2, -0.15) is 0 Å². The van der Waals surface area contributed by atoms with E-state index in [0.29, 0.717) is 36.3 Å². The molecule has 1 N–H and O–H groups in total. The van der Waals surface area contributed by atoms with Crippen molar-refractivity contribution in [2.24, 2.45) is 0 Å². The Morgan fingerprint density at radius 3 is 2.15 bits per heavy atom. The Morgan fingerprint density at radius 2 is 1.41 bits per heavy atom. The molecule has 1 atom stereocenters. The van der Waals surface area contributed by atoms with Gasteiger partial charge in [-0.1, -0.05) is 91.0 Å². The lowest BCUT2D eigenvalue weighted by Crippen LogP contribution is -2.42. The maximum absolute atomic E-state index is 13.5. The lowest BCUT2D eigenvalue weighted by molar-refractivity contribution is -0.138. The summed E-state index contributed by atoms with van der Waals surface area (Å²) < 4.78 is 11.5. The van der Waals surface area contributed by atoms with Crippen LogP contribution in [0, 0.1) is 0 Å². The van der Waals surface area contributed by atoms with Crippen molar-refractivity contribution in [1.82, 2.24) is 4.90 Å². The summed E-state index contributed by atoms with van der Waals surface area (Å²) in [4.78, 5) is 27.9. The number of fused-ring (bicyclic) bond motifs is 2. The van der Waals surface area contributed by atoms with E-state index in [1.165, 1.54) is 4.90 Å². The van der Waals surface area contributed by atoms with Crippen LogP contribution in [0.1, 0.15) is 18.4 Å². The molecule has 0 saturated carbocycles. The van der Waals surface area contributed by atoms with Gasteiger partial charge in [-0.05, 0) is 52.1 Å². The fourth-order valence-electron chi connectivity index (χ4n) is 5.33. The molecule has 1 unspecified atom stereocenters. The summed E-state index contributed by atoms with van der Waals surface area (Å²) in [6.45, 7) is 0.551. The minimum Gasteiger partial charge on any atom is -0.507 e. The molecule has 194 valence electrons. The second-order valence-electron chi connectivity index (χ2n) is 9.65. The molecular weight excluding hydrogens is 490 g/mol. The average Bonchev–Trinajstić information content (AvgIpc) is 3.47. The third-order valence-corrected chi connectivity index (χ3v) is 7.22. The number of esters is 1. The van der Waals surface area contributed by atoms with Crippen LogP contribution in [0.3, 0.4) is 0 Å². The number of carbonyl (C=O) groups is 2. The molecule has 5 aromatic rings. The first kappa shape index (κ1) is 24.5. The maximum Gasteiger partial charge on any atom is 0.410 e. The van der Waals surface area contributed by atoms with Crippen molar-refractivity contribution in [3.63, 3.8) is 0 Å². The molecule has 6 nitrogen and oxygen atoms in total. The van der Waals surface area contributed by atoms with Crippen molar-refractivity contribution >= 4 is 33.6 Å². The predicted molar refractivity (Wildman–Crippen MR) is 151 cm³/mol. The highest BCUT2D eigenvalue weighted by Crippen LogP contribution is 2.45.